The number of hydrogen-bond acceptors (Lipinski definition) is 4. The van der Waals surface area contributed by atoms with Gasteiger partial charge in [0, 0.05) is 5.02 Å². The summed E-state index contributed by atoms with van der Waals surface area (Å²) in [6.45, 7) is 3.76. The Kier molecular flexibility index (Phi) is 4.83. The molecule has 0 amide bonds. The second kappa shape index (κ2) is 7.03. The van der Waals surface area contributed by atoms with Crippen molar-refractivity contribution in [2.75, 3.05) is 0 Å². The standard InChI is InChI=1S/C17H14Cl2N4O/c1-10-17(11(2)21-20-10)23-22-14-5-3-4-6-16(14)24-15-8-7-12(18)9-13(15)19/h3-9H,1-2H3,(H,20,21). The fourth-order valence-corrected chi connectivity index (χ4v) is 2.55. The Hall–Kier alpha value is -2.37. The summed E-state index contributed by atoms with van der Waals surface area (Å²) in [6.07, 6.45) is 0. The first-order valence-electron chi connectivity index (χ1n) is 7.20. The lowest BCUT2D eigenvalue weighted by atomic mass is 10.3. The minimum absolute atomic E-state index is 0.427. The maximum atomic E-state index is 6.16. The van der Waals surface area contributed by atoms with E-state index >= 15 is 0 Å². The van der Waals surface area contributed by atoms with Gasteiger partial charge in [-0.3, -0.25) is 5.10 Å². The van der Waals surface area contributed by atoms with Crippen LogP contribution < -0.4 is 4.74 Å². The van der Waals surface area contributed by atoms with Crippen LogP contribution in [-0.4, -0.2) is 10.2 Å². The molecule has 1 aromatic heterocycles. The minimum Gasteiger partial charge on any atom is -0.453 e. The summed E-state index contributed by atoms with van der Waals surface area (Å²) in [6, 6.07) is 12.4. The van der Waals surface area contributed by atoms with Gasteiger partial charge in [0.05, 0.1) is 16.4 Å². The van der Waals surface area contributed by atoms with Crippen LogP contribution in [0.5, 0.6) is 11.5 Å². The molecule has 5 nitrogen and oxygen atoms in total. The van der Waals surface area contributed by atoms with Crippen LogP contribution >= 0.6 is 23.2 Å². The Morgan fingerprint density at radius 1 is 1.00 bits per heavy atom. The Morgan fingerprint density at radius 2 is 1.79 bits per heavy atom. The largest absolute Gasteiger partial charge is 0.453 e. The summed E-state index contributed by atoms with van der Waals surface area (Å²) < 4.78 is 5.86. The van der Waals surface area contributed by atoms with Crippen molar-refractivity contribution in [2.45, 2.75) is 13.8 Å². The van der Waals surface area contributed by atoms with Gasteiger partial charge in [0.2, 0.25) is 0 Å². The molecule has 0 unspecified atom stereocenters. The highest BCUT2D eigenvalue weighted by Crippen LogP contribution is 2.37. The molecule has 1 heterocycles. The van der Waals surface area contributed by atoms with Gasteiger partial charge in [-0.05, 0) is 44.2 Å². The number of nitrogens with zero attached hydrogens (tertiary/aromatic N) is 3. The normalized spacial score (nSPS) is 11.2. The maximum absolute atomic E-state index is 6.16. The number of hydrogen-bond donors (Lipinski definition) is 1. The highest BCUT2D eigenvalue weighted by Gasteiger charge is 2.09. The van der Waals surface area contributed by atoms with Crippen molar-refractivity contribution in [3.05, 3.63) is 63.9 Å². The molecule has 0 spiro atoms. The van der Waals surface area contributed by atoms with Crippen LogP contribution in [0.15, 0.2) is 52.7 Å². The van der Waals surface area contributed by atoms with E-state index in [0.29, 0.717) is 32.9 Å². The van der Waals surface area contributed by atoms with Crippen LogP contribution in [0.4, 0.5) is 11.4 Å². The van der Waals surface area contributed by atoms with Gasteiger partial charge in [-0.25, -0.2) is 0 Å². The SMILES string of the molecule is Cc1n[nH]c(C)c1N=Nc1ccccc1Oc1ccc(Cl)cc1Cl. The zero-order chi connectivity index (χ0) is 17.1. The molecule has 0 fully saturated rings. The molecule has 0 aliphatic rings. The molecule has 24 heavy (non-hydrogen) atoms. The Balaban J connectivity index is 1.91. The van der Waals surface area contributed by atoms with Crippen LogP contribution in [0.1, 0.15) is 11.4 Å². The van der Waals surface area contributed by atoms with Crippen molar-refractivity contribution in [3.8, 4) is 11.5 Å². The fraction of sp³-hybridized carbons (Fsp3) is 0.118. The molecule has 0 aliphatic carbocycles. The van der Waals surface area contributed by atoms with Gasteiger partial charge in [0.25, 0.3) is 0 Å². The van der Waals surface area contributed by atoms with Crippen molar-refractivity contribution >= 4 is 34.6 Å². The molecule has 7 heteroatoms. The van der Waals surface area contributed by atoms with Gasteiger partial charge in [-0.15, -0.1) is 10.2 Å². The Morgan fingerprint density at radius 3 is 2.50 bits per heavy atom. The number of ether oxygens (including phenoxy) is 1. The number of rotatable bonds is 4. The quantitative estimate of drug-likeness (QED) is 0.536. The van der Waals surface area contributed by atoms with E-state index in [1.807, 2.05) is 32.0 Å². The van der Waals surface area contributed by atoms with Crippen LogP contribution in [0.25, 0.3) is 0 Å². The molecule has 122 valence electrons. The second-order valence-electron chi connectivity index (χ2n) is 5.13. The predicted octanol–water partition coefficient (Wildman–Crippen LogP) is 6.54. The highest BCUT2D eigenvalue weighted by molar-refractivity contribution is 6.35. The highest BCUT2D eigenvalue weighted by atomic mass is 35.5. The van der Waals surface area contributed by atoms with Crippen molar-refractivity contribution in [1.82, 2.24) is 10.2 Å². The summed E-state index contributed by atoms with van der Waals surface area (Å²) in [7, 11) is 0. The average Bonchev–Trinajstić information content (AvgIpc) is 2.88. The second-order valence-corrected chi connectivity index (χ2v) is 5.97. The molecule has 0 aliphatic heterocycles. The number of para-hydroxylation sites is 1. The van der Waals surface area contributed by atoms with E-state index in [0.717, 1.165) is 11.4 Å². The van der Waals surface area contributed by atoms with Crippen LogP contribution in [-0.2, 0) is 0 Å². The predicted molar refractivity (Wildman–Crippen MR) is 95.2 cm³/mol. The number of aryl methyl sites for hydroxylation is 2. The lowest BCUT2D eigenvalue weighted by Gasteiger charge is -2.09. The molecule has 1 N–H and O–H groups in total. The summed E-state index contributed by atoms with van der Waals surface area (Å²) in [4.78, 5) is 0. The topological polar surface area (TPSA) is 62.6 Å². The summed E-state index contributed by atoms with van der Waals surface area (Å²) in [5, 5.41) is 16.5. The molecule has 3 rings (SSSR count). The number of azo groups is 1. The molecular formula is C17H14Cl2N4O. The fourth-order valence-electron chi connectivity index (χ4n) is 2.10. The first-order chi connectivity index (χ1) is 11.5. The molecule has 0 saturated heterocycles. The van der Waals surface area contributed by atoms with Gasteiger partial charge in [0.1, 0.15) is 17.1 Å². The van der Waals surface area contributed by atoms with Gasteiger partial charge in [-0.2, -0.15) is 5.10 Å². The third-order valence-corrected chi connectivity index (χ3v) is 3.86. The van der Waals surface area contributed by atoms with Gasteiger partial charge in [-0.1, -0.05) is 35.3 Å². The average molecular weight is 361 g/mol. The summed E-state index contributed by atoms with van der Waals surface area (Å²) in [5.74, 6) is 1.05. The van der Waals surface area contributed by atoms with Crippen LogP contribution in [0, 0.1) is 13.8 Å². The third-order valence-electron chi connectivity index (χ3n) is 3.33. The first-order valence-corrected chi connectivity index (χ1v) is 7.95. The van der Waals surface area contributed by atoms with E-state index in [2.05, 4.69) is 20.4 Å². The van der Waals surface area contributed by atoms with Crippen molar-refractivity contribution < 1.29 is 4.74 Å². The number of nitrogens with one attached hydrogen (secondary N) is 1. The van der Waals surface area contributed by atoms with Crippen molar-refractivity contribution in [2.24, 2.45) is 10.2 Å². The molecule has 0 atom stereocenters. The number of H-pyrrole nitrogens is 1. The first kappa shape index (κ1) is 16.5. The van der Waals surface area contributed by atoms with E-state index in [1.54, 1.807) is 24.3 Å². The summed E-state index contributed by atoms with van der Waals surface area (Å²) >= 11 is 12.1. The number of aromatic nitrogens is 2. The van der Waals surface area contributed by atoms with Crippen molar-refractivity contribution in [1.29, 1.82) is 0 Å². The molecule has 0 bridgehead atoms. The van der Waals surface area contributed by atoms with Gasteiger partial charge in [0.15, 0.2) is 5.75 Å². The zero-order valence-corrected chi connectivity index (χ0v) is 14.6. The van der Waals surface area contributed by atoms with Gasteiger partial charge >= 0.3 is 0 Å². The van der Waals surface area contributed by atoms with E-state index in [1.165, 1.54) is 0 Å². The summed E-state index contributed by atoms with van der Waals surface area (Å²) in [5.41, 5.74) is 2.95. The molecular weight excluding hydrogens is 347 g/mol. The Labute approximate surface area is 149 Å². The molecule has 2 aromatic carbocycles. The van der Waals surface area contributed by atoms with E-state index in [9.17, 15) is 0 Å². The third kappa shape index (κ3) is 3.58. The van der Waals surface area contributed by atoms with Crippen LogP contribution in [0.2, 0.25) is 10.0 Å². The minimum atomic E-state index is 0.427. The van der Waals surface area contributed by atoms with E-state index in [-0.39, 0.29) is 0 Å². The lowest BCUT2D eigenvalue weighted by molar-refractivity contribution is 0.484. The van der Waals surface area contributed by atoms with E-state index in [4.69, 9.17) is 27.9 Å². The van der Waals surface area contributed by atoms with Gasteiger partial charge < -0.3 is 4.74 Å². The number of halogens is 2. The van der Waals surface area contributed by atoms with Crippen LogP contribution in [0.3, 0.4) is 0 Å². The monoisotopic (exact) mass is 360 g/mol. The number of aromatic amines is 1. The molecule has 0 saturated carbocycles. The van der Waals surface area contributed by atoms with Crippen molar-refractivity contribution in [3.63, 3.8) is 0 Å². The molecule has 3 aromatic rings. The molecule has 0 radical (unpaired) electrons. The number of benzene rings is 2. The van der Waals surface area contributed by atoms with E-state index < -0.39 is 0 Å². The maximum Gasteiger partial charge on any atom is 0.155 e. The zero-order valence-electron chi connectivity index (χ0n) is 13.0. The lowest BCUT2D eigenvalue weighted by Crippen LogP contribution is -1.85. The Bertz CT molecular complexity index is 886. The smallest absolute Gasteiger partial charge is 0.155 e.